The highest BCUT2D eigenvalue weighted by atomic mass is 19.2. The number of benzene rings is 2. The van der Waals surface area contributed by atoms with Crippen molar-refractivity contribution in [3.8, 4) is 5.75 Å². The number of halogens is 3. The van der Waals surface area contributed by atoms with Gasteiger partial charge in [-0.3, -0.25) is 0 Å². The first-order chi connectivity index (χ1) is 9.47. The lowest BCUT2D eigenvalue weighted by atomic mass is 10.1. The van der Waals surface area contributed by atoms with E-state index in [2.05, 4.69) is 5.32 Å². The van der Waals surface area contributed by atoms with Crippen molar-refractivity contribution in [1.82, 2.24) is 5.32 Å². The molecule has 0 amide bonds. The standard InChI is InChI=1S/C15H14F3NO/c1-9(11-3-4-12(16)13(17)7-11)19-8-10-2-5-15(20)14(18)6-10/h2-7,9,19-20H,8H2,1H3. The molecule has 2 aromatic rings. The first kappa shape index (κ1) is 14.4. The fraction of sp³-hybridized carbons (Fsp3) is 0.200. The lowest BCUT2D eigenvalue weighted by molar-refractivity contribution is 0.431. The van der Waals surface area contributed by atoms with E-state index in [1.54, 1.807) is 13.0 Å². The predicted octanol–water partition coefficient (Wildman–Crippen LogP) is 3.66. The Balaban J connectivity index is 2.02. The summed E-state index contributed by atoms with van der Waals surface area (Å²) in [5.74, 6) is -2.87. The zero-order valence-corrected chi connectivity index (χ0v) is 10.8. The number of nitrogens with one attached hydrogen (secondary N) is 1. The minimum absolute atomic E-state index is 0.220. The highest BCUT2D eigenvalue weighted by Gasteiger charge is 2.09. The van der Waals surface area contributed by atoms with Crippen LogP contribution in [0.5, 0.6) is 5.75 Å². The van der Waals surface area contributed by atoms with Crippen LogP contribution in [0.15, 0.2) is 36.4 Å². The van der Waals surface area contributed by atoms with Crippen molar-refractivity contribution in [2.45, 2.75) is 19.5 Å². The van der Waals surface area contributed by atoms with Crippen LogP contribution in [0.2, 0.25) is 0 Å². The van der Waals surface area contributed by atoms with Gasteiger partial charge >= 0.3 is 0 Å². The molecule has 0 aromatic heterocycles. The molecule has 0 saturated heterocycles. The Hall–Kier alpha value is -2.01. The van der Waals surface area contributed by atoms with Gasteiger partial charge in [-0.2, -0.15) is 0 Å². The van der Waals surface area contributed by atoms with Crippen molar-refractivity contribution >= 4 is 0 Å². The summed E-state index contributed by atoms with van der Waals surface area (Å²) in [6.07, 6.45) is 0. The van der Waals surface area contributed by atoms with Crippen LogP contribution in [0.3, 0.4) is 0 Å². The van der Waals surface area contributed by atoms with E-state index in [1.165, 1.54) is 18.2 Å². The average molecular weight is 281 g/mol. The van der Waals surface area contributed by atoms with E-state index >= 15 is 0 Å². The smallest absolute Gasteiger partial charge is 0.165 e. The molecule has 2 aromatic carbocycles. The Bertz CT molecular complexity index is 616. The second-order valence-electron chi connectivity index (χ2n) is 4.56. The van der Waals surface area contributed by atoms with Crippen LogP contribution < -0.4 is 5.32 Å². The minimum Gasteiger partial charge on any atom is -0.505 e. The van der Waals surface area contributed by atoms with Crippen molar-refractivity contribution in [2.24, 2.45) is 0 Å². The summed E-state index contributed by atoms with van der Waals surface area (Å²) < 4.78 is 39.1. The molecule has 0 saturated carbocycles. The Labute approximate surface area is 114 Å². The van der Waals surface area contributed by atoms with Crippen LogP contribution in [-0.4, -0.2) is 5.11 Å². The van der Waals surface area contributed by atoms with E-state index < -0.39 is 23.2 Å². The Kier molecular flexibility index (Phi) is 4.29. The van der Waals surface area contributed by atoms with Crippen LogP contribution in [0, 0.1) is 17.5 Å². The molecule has 0 spiro atoms. The lowest BCUT2D eigenvalue weighted by Gasteiger charge is -2.14. The molecule has 0 heterocycles. The van der Waals surface area contributed by atoms with E-state index in [9.17, 15) is 13.2 Å². The third-order valence-electron chi connectivity index (χ3n) is 3.07. The van der Waals surface area contributed by atoms with Crippen LogP contribution >= 0.6 is 0 Å². The number of phenolic OH excluding ortho intramolecular Hbond substituents is 1. The van der Waals surface area contributed by atoms with Crippen LogP contribution in [0.25, 0.3) is 0 Å². The molecular weight excluding hydrogens is 267 g/mol. The van der Waals surface area contributed by atoms with Gasteiger partial charge in [0, 0.05) is 12.6 Å². The van der Waals surface area contributed by atoms with Gasteiger partial charge in [-0.25, -0.2) is 13.2 Å². The number of aromatic hydroxyl groups is 1. The second-order valence-corrected chi connectivity index (χ2v) is 4.56. The van der Waals surface area contributed by atoms with Crippen molar-refractivity contribution in [2.75, 3.05) is 0 Å². The SMILES string of the molecule is CC(NCc1ccc(O)c(F)c1)c1ccc(F)c(F)c1. The number of rotatable bonds is 4. The molecule has 0 radical (unpaired) electrons. The van der Waals surface area contributed by atoms with E-state index in [1.807, 2.05) is 0 Å². The monoisotopic (exact) mass is 281 g/mol. The highest BCUT2D eigenvalue weighted by Crippen LogP contribution is 2.19. The number of hydrogen-bond donors (Lipinski definition) is 2. The largest absolute Gasteiger partial charge is 0.505 e. The van der Waals surface area contributed by atoms with Gasteiger partial charge < -0.3 is 10.4 Å². The maximum atomic E-state index is 13.2. The zero-order valence-electron chi connectivity index (χ0n) is 10.8. The van der Waals surface area contributed by atoms with Gasteiger partial charge in [0.1, 0.15) is 0 Å². The average Bonchev–Trinajstić information content (AvgIpc) is 2.43. The Morgan fingerprint density at radius 1 is 1.00 bits per heavy atom. The number of phenols is 1. The van der Waals surface area contributed by atoms with Crippen molar-refractivity contribution < 1.29 is 18.3 Å². The zero-order chi connectivity index (χ0) is 14.7. The van der Waals surface area contributed by atoms with Gasteiger partial charge in [0.15, 0.2) is 23.2 Å². The van der Waals surface area contributed by atoms with Crippen LogP contribution in [0.4, 0.5) is 13.2 Å². The molecule has 106 valence electrons. The lowest BCUT2D eigenvalue weighted by Crippen LogP contribution is -2.18. The molecule has 5 heteroatoms. The molecule has 0 fully saturated rings. The summed E-state index contributed by atoms with van der Waals surface area (Å²) in [4.78, 5) is 0. The molecule has 0 aliphatic carbocycles. The molecule has 2 nitrogen and oxygen atoms in total. The predicted molar refractivity (Wildman–Crippen MR) is 69.7 cm³/mol. The molecule has 0 bridgehead atoms. The molecule has 0 aliphatic heterocycles. The van der Waals surface area contributed by atoms with Gasteiger partial charge in [0.2, 0.25) is 0 Å². The molecular formula is C15H14F3NO. The van der Waals surface area contributed by atoms with Gasteiger partial charge in [-0.15, -0.1) is 0 Å². The fourth-order valence-electron chi connectivity index (χ4n) is 1.83. The second kappa shape index (κ2) is 5.96. The van der Waals surface area contributed by atoms with Crippen LogP contribution in [0.1, 0.15) is 24.1 Å². The molecule has 0 aliphatic rings. The topological polar surface area (TPSA) is 32.3 Å². The maximum absolute atomic E-state index is 13.2. The first-order valence-electron chi connectivity index (χ1n) is 6.13. The van der Waals surface area contributed by atoms with E-state index in [0.717, 1.165) is 12.1 Å². The number of hydrogen-bond acceptors (Lipinski definition) is 2. The summed E-state index contributed by atoms with van der Waals surface area (Å²) >= 11 is 0. The third kappa shape index (κ3) is 3.30. The molecule has 1 unspecified atom stereocenters. The summed E-state index contributed by atoms with van der Waals surface area (Å²) in [6, 6.07) is 7.56. The summed E-state index contributed by atoms with van der Waals surface area (Å²) in [6.45, 7) is 2.14. The van der Waals surface area contributed by atoms with Gasteiger partial charge in [-0.1, -0.05) is 12.1 Å². The normalized spacial score (nSPS) is 12.4. The molecule has 1 atom stereocenters. The third-order valence-corrected chi connectivity index (χ3v) is 3.07. The van der Waals surface area contributed by atoms with E-state index in [-0.39, 0.29) is 6.04 Å². The Morgan fingerprint density at radius 3 is 2.40 bits per heavy atom. The molecule has 2 rings (SSSR count). The quantitative estimate of drug-likeness (QED) is 0.896. The van der Waals surface area contributed by atoms with E-state index in [0.29, 0.717) is 17.7 Å². The molecule has 2 N–H and O–H groups in total. The highest BCUT2D eigenvalue weighted by molar-refractivity contribution is 5.28. The summed E-state index contributed by atoms with van der Waals surface area (Å²) in [5.41, 5.74) is 1.25. The summed E-state index contributed by atoms with van der Waals surface area (Å²) in [7, 11) is 0. The van der Waals surface area contributed by atoms with E-state index in [4.69, 9.17) is 5.11 Å². The van der Waals surface area contributed by atoms with Gasteiger partial charge in [-0.05, 0) is 42.3 Å². The van der Waals surface area contributed by atoms with Crippen molar-refractivity contribution in [3.05, 3.63) is 65.0 Å². The summed E-state index contributed by atoms with van der Waals surface area (Å²) in [5, 5.41) is 12.2. The van der Waals surface area contributed by atoms with Crippen molar-refractivity contribution in [3.63, 3.8) is 0 Å². The maximum Gasteiger partial charge on any atom is 0.165 e. The van der Waals surface area contributed by atoms with Crippen LogP contribution in [-0.2, 0) is 6.54 Å². The first-order valence-corrected chi connectivity index (χ1v) is 6.13. The fourth-order valence-corrected chi connectivity index (χ4v) is 1.83. The Morgan fingerprint density at radius 2 is 1.75 bits per heavy atom. The van der Waals surface area contributed by atoms with Gasteiger partial charge in [0.05, 0.1) is 0 Å². The van der Waals surface area contributed by atoms with Crippen molar-refractivity contribution in [1.29, 1.82) is 0 Å². The minimum atomic E-state index is -0.896. The van der Waals surface area contributed by atoms with Gasteiger partial charge in [0.25, 0.3) is 0 Å². The molecule has 20 heavy (non-hydrogen) atoms.